The SMILES string of the molecule is COc1ccccc1N1CCN(c2ccc(-c3nc(-c4ccc(Cl)cc4)no3)nn2)CC1. The smallest absolute Gasteiger partial charge is 0.278 e. The van der Waals surface area contributed by atoms with Crippen LogP contribution in [0.4, 0.5) is 11.5 Å². The molecule has 0 spiro atoms. The van der Waals surface area contributed by atoms with Gasteiger partial charge in [0.05, 0.1) is 12.8 Å². The highest BCUT2D eigenvalue weighted by atomic mass is 35.5. The number of benzene rings is 2. The summed E-state index contributed by atoms with van der Waals surface area (Å²) in [6.07, 6.45) is 0. The van der Waals surface area contributed by atoms with E-state index in [9.17, 15) is 0 Å². The van der Waals surface area contributed by atoms with E-state index < -0.39 is 0 Å². The summed E-state index contributed by atoms with van der Waals surface area (Å²) in [7, 11) is 1.70. The summed E-state index contributed by atoms with van der Waals surface area (Å²) in [4.78, 5) is 8.97. The maximum atomic E-state index is 5.94. The fraction of sp³-hybridized carbons (Fsp3) is 0.217. The molecule has 0 saturated carbocycles. The minimum absolute atomic E-state index is 0.329. The van der Waals surface area contributed by atoms with Gasteiger partial charge < -0.3 is 19.1 Å². The number of aromatic nitrogens is 4. The van der Waals surface area contributed by atoms with Crippen LogP contribution < -0.4 is 14.5 Å². The molecule has 4 aromatic rings. The highest BCUT2D eigenvalue weighted by Crippen LogP contribution is 2.29. The monoisotopic (exact) mass is 448 g/mol. The lowest BCUT2D eigenvalue weighted by molar-refractivity contribution is 0.413. The first kappa shape index (κ1) is 20.3. The topological polar surface area (TPSA) is 80.4 Å². The molecule has 0 unspecified atom stereocenters. The Morgan fingerprint density at radius 1 is 0.875 bits per heavy atom. The molecule has 162 valence electrons. The van der Waals surface area contributed by atoms with Crippen LogP contribution in [0.25, 0.3) is 23.0 Å². The van der Waals surface area contributed by atoms with Crippen LogP contribution in [0.3, 0.4) is 0 Å². The van der Waals surface area contributed by atoms with E-state index in [4.69, 9.17) is 20.9 Å². The quantitative estimate of drug-likeness (QED) is 0.449. The molecule has 0 atom stereocenters. The lowest BCUT2D eigenvalue weighted by atomic mass is 10.2. The zero-order valence-corrected chi connectivity index (χ0v) is 18.2. The van der Waals surface area contributed by atoms with E-state index in [1.165, 1.54) is 0 Å². The number of hydrogen-bond acceptors (Lipinski definition) is 8. The first-order chi connectivity index (χ1) is 15.7. The van der Waals surface area contributed by atoms with Crippen molar-refractivity contribution in [3.05, 3.63) is 65.7 Å². The molecule has 9 heteroatoms. The fourth-order valence-electron chi connectivity index (χ4n) is 3.72. The Hall–Kier alpha value is -3.65. The van der Waals surface area contributed by atoms with Crippen molar-refractivity contribution in [3.63, 3.8) is 0 Å². The molecule has 3 heterocycles. The Morgan fingerprint density at radius 3 is 2.34 bits per heavy atom. The van der Waals surface area contributed by atoms with Crippen molar-refractivity contribution in [2.75, 3.05) is 43.1 Å². The third-order valence-electron chi connectivity index (χ3n) is 5.43. The molecular weight excluding hydrogens is 428 g/mol. The summed E-state index contributed by atoms with van der Waals surface area (Å²) in [6.45, 7) is 3.43. The molecule has 0 amide bonds. The number of halogens is 1. The predicted octanol–water partition coefficient (Wildman–Crippen LogP) is 4.18. The average Bonchev–Trinajstić information content (AvgIpc) is 3.35. The van der Waals surface area contributed by atoms with E-state index in [1.54, 1.807) is 19.2 Å². The first-order valence-corrected chi connectivity index (χ1v) is 10.7. The van der Waals surface area contributed by atoms with Gasteiger partial charge in [0, 0.05) is 36.8 Å². The molecule has 2 aromatic carbocycles. The molecule has 1 fully saturated rings. The molecule has 5 rings (SSSR count). The molecule has 0 N–H and O–H groups in total. The molecule has 2 aromatic heterocycles. The minimum Gasteiger partial charge on any atom is -0.495 e. The van der Waals surface area contributed by atoms with Gasteiger partial charge >= 0.3 is 0 Å². The second kappa shape index (κ2) is 8.84. The van der Waals surface area contributed by atoms with Gasteiger partial charge in [-0.2, -0.15) is 4.98 Å². The highest BCUT2D eigenvalue weighted by Gasteiger charge is 2.21. The maximum Gasteiger partial charge on any atom is 0.278 e. The van der Waals surface area contributed by atoms with Crippen LogP contribution in [-0.4, -0.2) is 53.6 Å². The summed E-state index contributed by atoms with van der Waals surface area (Å²) >= 11 is 5.94. The van der Waals surface area contributed by atoms with E-state index in [1.807, 2.05) is 42.5 Å². The Bertz CT molecular complexity index is 1190. The van der Waals surface area contributed by atoms with Gasteiger partial charge in [-0.15, -0.1) is 10.2 Å². The number of nitrogens with zero attached hydrogens (tertiary/aromatic N) is 6. The number of ether oxygens (including phenoxy) is 1. The molecule has 32 heavy (non-hydrogen) atoms. The standard InChI is InChI=1S/C23H21ClN6O2/c1-31-20-5-3-2-4-19(20)29-12-14-30(15-13-29)21-11-10-18(26-27-21)23-25-22(28-32-23)16-6-8-17(24)9-7-16/h2-11H,12-15H2,1H3. The van der Waals surface area contributed by atoms with Crippen LogP contribution in [0.1, 0.15) is 0 Å². The predicted molar refractivity (Wildman–Crippen MR) is 123 cm³/mol. The summed E-state index contributed by atoms with van der Waals surface area (Å²) in [5.74, 6) is 2.53. The third-order valence-corrected chi connectivity index (χ3v) is 5.68. The average molecular weight is 449 g/mol. The van der Waals surface area contributed by atoms with Crippen LogP contribution in [0.2, 0.25) is 5.02 Å². The van der Waals surface area contributed by atoms with Crippen LogP contribution in [0.15, 0.2) is 65.2 Å². The highest BCUT2D eigenvalue weighted by molar-refractivity contribution is 6.30. The number of hydrogen-bond donors (Lipinski definition) is 0. The summed E-state index contributed by atoms with van der Waals surface area (Å²) in [5.41, 5.74) is 2.47. The summed E-state index contributed by atoms with van der Waals surface area (Å²) in [5, 5.41) is 13.4. The molecule has 1 saturated heterocycles. The van der Waals surface area contributed by atoms with E-state index in [0.29, 0.717) is 22.4 Å². The van der Waals surface area contributed by atoms with Crippen molar-refractivity contribution in [2.24, 2.45) is 0 Å². The number of para-hydroxylation sites is 2. The minimum atomic E-state index is 0.329. The van der Waals surface area contributed by atoms with Crippen LogP contribution in [0.5, 0.6) is 5.75 Å². The van der Waals surface area contributed by atoms with E-state index in [-0.39, 0.29) is 0 Å². The van der Waals surface area contributed by atoms with Crippen molar-refractivity contribution in [1.82, 2.24) is 20.3 Å². The first-order valence-electron chi connectivity index (χ1n) is 10.3. The number of anilines is 2. The van der Waals surface area contributed by atoms with Crippen molar-refractivity contribution >= 4 is 23.1 Å². The van der Waals surface area contributed by atoms with Gasteiger partial charge in [0.1, 0.15) is 5.75 Å². The summed E-state index contributed by atoms with van der Waals surface area (Å²) < 4.78 is 10.9. The van der Waals surface area contributed by atoms with Gasteiger partial charge in [-0.3, -0.25) is 0 Å². The Balaban J connectivity index is 1.25. The molecular formula is C23H21ClN6O2. The largest absolute Gasteiger partial charge is 0.495 e. The zero-order chi connectivity index (χ0) is 21.9. The Labute approximate surface area is 190 Å². The Morgan fingerprint density at radius 2 is 1.62 bits per heavy atom. The van der Waals surface area contributed by atoms with Gasteiger partial charge in [-0.05, 0) is 48.5 Å². The molecule has 1 aliphatic heterocycles. The lowest BCUT2D eigenvalue weighted by Crippen LogP contribution is -2.47. The van der Waals surface area contributed by atoms with Gasteiger partial charge in [0.25, 0.3) is 5.89 Å². The van der Waals surface area contributed by atoms with Gasteiger partial charge in [0.15, 0.2) is 11.5 Å². The van der Waals surface area contributed by atoms with E-state index >= 15 is 0 Å². The van der Waals surface area contributed by atoms with Crippen molar-refractivity contribution in [1.29, 1.82) is 0 Å². The van der Waals surface area contributed by atoms with Crippen molar-refractivity contribution in [2.45, 2.75) is 0 Å². The van der Waals surface area contributed by atoms with Crippen molar-refractivity contribution < 1.29 is 9.26 Å². The van der Waals surface area contributed by atoms with Crippen LogP contribution in [0, 0.1) is 0 Å². The number of piperazine rings is 1. The second-order valence-electron chi connectivity index (χ2n) is 7.35. The molecule has 0 radical (unpaired) electrons. The van der Waals surface area contributed by atoms with Gasteiger partial charge in [-0.25, -0.2) is 0 Å². The van der Waals surface area contributed by atoms with Crippen molar-refractivity contribution in [3.8, 4) is 28.7 Å². The maximum absolute atomic E-state index is 5.94. The fourth-order valence-corrected chi connectivity index (χ4v) is 3.85. The number of methoxy groups -OCH3 is 1. The van der Waals surface area contributed by atoms with Gasteiger partial charge in [-0.1, -0.05) is 28.9 Å². The van der Waals surface area contributed by atoms with E-state index in [0.717, 1.165) is 49.0 Å². The summed E-state index contributed by atoms with van der Waals surface area (Å²) in [6, 6.07) is 19.1. The van der Waals surface area contributed by atoms with E-state index in [2.05, 4.69) is 36.2 Å². The zero-order valence-electron chi connectivity index (χ0n) is 17.5. The van der Waals surface area contributed by atoms with Gasteiger partial charge in [0.2, 0.25) is 5.82 Å². The molecule has 8 nitrogen and oxygen atoms in total. The third kappa shape index (κ3) is 4.09. The second-order valence-corrected chi connectivity index (χ2v) is 7.79. The number of rotatable bonds is 5. The van der Waals surface area contributed by atoms with Crippen LogP contribution in [-0.2, 0) is 0 Å². The molecule has 0 bridgehead atoms. The molecule has 0 aliphatic carbocycles. The lowest BCUT2D eigenvalue weighted by Gasteiger charge is -2.37. The normalized spacial score (nSPS) is 13.9. The molecule has 1 aliphatic rings. The van der Waals surface area contributed by atoms with Crippen LogP contribution >= 0.6 is 11.6 Å². The Kier molecular flexibility index (Phi) is 5.60.